The minimum Gasteiger partial charge on any atom is -0.394 e. The maximum Gasteiger partial charge on any atom is 0.251 e. The lowest BCUT2D eigenvalue weighted by molar-refractivity contribution is 0.0879. The maximum absolute atomic E-state index is 12.5. The molecule has 1 aromatic carbocycles. The van der Waals surface area contributed by atoms with Gasteiger partial charge in [-0.25, -0.2) is 4.39 Å². The van der Waals surface area contributed by atoms with E-state index in [4.69, 9.17) is 10.2 Å². The topological polar surface area (TPSA) is 69.6 Å². The summed E-state index contributed by atoms with van der Waals surface area (Å²) in [5, 5.41) is 19.9. The number of benzene rings is 1. The Hall–Kier alpha value is -1.46. The highest BCUT2D eigenvalue weighted by atomic mass is 19.1. The lowest BCUT2D eigenvalue weighted by Gasteiger charge is -2.12. The molecule has 0 heterocycles. The van der Waals surface area contributed by atoms with Crippen molar-refractivity contribution in [3.63, 3.8) is 0 Å². The van der Waals surface area contributed by atoms with E-state index in [9.17, 15) is 9.18 Å². The van der Waals surface area contributed by atoms with Crippen molar-refractivity contribution < 1.29 is 19.4 Å². The molecule has 0 aromatic heterocycles. The van der Waals surface area contributed by atoms with Gasteiger partial charge in [0.2, 0.25) is 0 Å². The number of nitrogens with one attached hydrogen (secondary N) is 1. The van der Waals surface area contributed by atoms with Gasteiger partial charge < -0.3 is 15.5 Å². The van der Waals surface area contributed by atoms with Crippen molar-refractivity contribution in [3.05, 3.63) is 35.6 Å². The zero-order valence-electron chi connectivity index (χ0n) is 7.98. The molecule has 1 aromatic rings. The number of aliphatic hydroxyl groups excluding tert-OH is 2. The summed E-state index contributed by atoms with van der Waals surface area (Å²) in [5.74, 6) is -0.879. The molecule has 0 atom stereocenters. The Morgan fingerprint density at radius 2 is 1.80 bits per heavy atom. The van der Waals surface area contributed by atoms with Crippen molar-refractivity contribution in [1.29, 1.82) is 0 Å². The molecule has 0 unspecified atom stereocenters. The van der Waals surface area contributed by atoms with Crippen molar-refractivity contribution in [2.45, 2.75) is 6.04 Å². The molecule has 1 amide bonds. The summed E-state index contributed by atoms with van der Waals surface area (Å²) < 4.78 is 12.5. The van der Waals surface area contributed by atoms with Crippen LogP contribution in [0.2, 0.25) is 0 Å². The number of carbonyl (C=O) groups excluding carboxylic acids is 1. The molecule has 0 bridgehead atoms. The average Bonchev–Trinajstić information content (AvgIpc) is 2.26. The number of carbonyl (C=O) groups is 1. The van der Waals surface area contributed by atoms with Gasteiger partial charge in [-0.1, -0.05) is 0 Å². The van der Waals surface area contributed by atoms with Crippen LogP contribution in [0.3, 0.4) is 0 Å². The van der Waals surface area contributed by atoms with E-state index in [1.807, 2.05) is 0 Å². The fourth-order valence-corrected chi connectivity index (χ4v) is 1.02. The number of hydrogen-bond acceptors (Lipinski definition) is 3. The molecule has 15 heavy (non-hydrogen) atoms. The molecule has 0 saturated carbocycles. The van der Waals surface area contributed by atoms with E-state index >= 15 is 0 Å². The average molecular weight is 213 g/mol. The summed E-state index contributed by atoms with van der Waals surface area (Å²) >= 11 is 0. The van der Waals surface area contributed by atoms with E-state index in [-0.39, 0.29) is 18.8 Å². The first-order chi connectivity index (χ1) is 7.17. The Kier molecular flexibility index (Phi) is 4.20. The summed E-state index contributed by atoms with van der Waals surface area (Å²) in [5.41, 5.74) is 0.281. The third-order valence-electron chi connectivity index (χ3n) is 1.88. The Morgan fingerprint density at radius 3 is 2.27 bits per heavy atom. The van der Waals surface area contributed by atoms with E-state index in [1.54, 1.807) is 0 Å². The van der Waals surface area contributed by atoms with Gasteiger partial charge in [0.05, 0.1) is 19.3 Å². The highest BCUT2D eigenvalue weighted by Gasteiger charge is 2.11. The highest BCUT2D eigenvalue weighted by molar-refractivity contribution is 5.94. The lowest BCUT2D eigenvalue weighted by atomic mass is 10.2. The van der Waals surface area contributed by atoms with Crippen molar-refractivity contribution >= 4 is 5.91 Å². The minimum absolute atomic E-state index is 0.281. The molecule has 4 nitrogen and oxygen atoms in total. The fourth-order valence-electron chi connectivity index (χ4n) is 1.02. The second-order valence-electron chi connectivity index (χ2n) is 3.04. The van der Waals surface area contributed by atoms with Gasteiger partial charge in [0.25, 0.3) is 5.91 Å². The van der Waals surface area contributed by atoms with Gasteiger partial charge in [0.1, 0.15) is 5.82 Å². The van der Waals surface area contributed by atoms with E-state index in [2.05, 4.69) is 5.32 Å². The SMILES string of the molecule is O=C(NC(CO)CO)c1ccc(F)cc1. The Balaban J connectivity index is 2.64. The minimum atomic E-state index is -0.692. The van der Waals surface area contributed by atoms with Crippen LogP contribution in [0.15, 0.2) is 24.3 Å². The van der Waals surface area contributed by atoms with Crippen LogP contribution in [-0.4, -0.2) is 35.4 Å². The number of aliphatic hydroxyl groups is 2. The standard InChI is InChI=1S/C10H12FNO3/c11-8-3-1-7(2-4-8)10(15)12-9(5-13)6-14/h1-4,9,13-14H,5-6H2,(H,12,15). The molecule has 5 heteroatoms. The van der Waals surface area contributed by atoms with E-state index in [0.717, 1.165) is 0 Å². The summed E-state index contributed by atoms with van der Waals surface area (Å²) in [6.07, 6.45) is 0. The fraction of sp³-hybridized carbons (Fsp3) is 0.300. The van der Waals surface area contributed by atoms with Crippen molar-refractivity contribution in [1.82, 2.24) is 5.32 Å². The summed E-state index contributed by atoms with van der Waals surface area (Å²) in [7, 11) is 0. The number of amides is 1. The second-order valence-corrected chi connectivity index (χ2v) is 3.04. The smallest absolute Gasteiger partial charge is 0.251 e. The highest BCUT2D eigenvalue weighted by Crippen LogP contribution is 2.02. The Labute approximate surface area is 86.4 Å². The lowest BCUT2D eigenvalue weighted by Crippen LogP contribution is -2.40. The predicted molar refractivity (Wildman–Crippen MR) is 51.8 cm³/mol. The van der Waals surface area contributed by atoms with Crippen LogP contribution in [0, 0.1) is 5.82 Å². The van der Waals surface area contributed by atoms with Gasteiger partial charge in [-0.2, -0.15) is 0 Å². The van der Waals surface area contributed by atoms with Crippen LogP contribution >= 0.6 is 0 Å². The molecule has 0 radical (unpaired) electrons. The molecule has 0 saturated heterocycles. The second kappa shape index (κ2) is 5.43. The van der Waals surface area contributed by atoms with Gasteiger partial charge in [-0.15, -0.1) is 0 Å². The Bertz CT molecular complexity index is 322. The zero-order valence-corrected chi connectivity index (χ0v) is 7.98. The molecular weight excluding hydrogens is 201 g/mol. The van der Waals surface area contributed by atoms with Crippen LogP contribution in [-0.2, 0) is 0 Å². The maximum atomic E-state index is 12.5. The Morgan fingerprint density at radius 1 is 1.27 bits per heavy atom. The van der Waals surface area contributed by atoms with Gasteiger partial charge in [-0.05, 0) is 24.3 Å². The van der Waals surface area contributed by atoms with Crippen LogP contribution in [0.4, 0.5) is 4.39 Å². The van der Waals surface area contributed by atoms with Crippen LogP contribution in [0.25, 0.3) is 0 Å². The predicted octanol–water partition coefficient (Wildman–Crippen LogP) is -0.0913. The van der Waals surface area contributed by atoms with Gasteiger partial charge >= 0.3 is 0 Å². The van der Waals surface area contributed by atoms with Crippen LogP contribution in [0.1, 0.15) is 10.4 Å². The normalized spacial score (nSPS) is 10.4. The van der Waals surface area contributed by atoms with Crippen LogP contribution in [0.5, 0.6) is 0 Å². The van der Waals surface area contributed by atoms with E-state index in [0.29, 0.717) is 0 Å². The quantitative estimate of drug-likeness (QED) is 0.654. The van der Waals surface area contributed by atoms with E-state index in [1.165, 1.54) is 24.3 Å². The molecule has 0 spiro atoms. The molecular formula is C10H12FNO3. The monoisotopic (exact) mass is 213 g/mol. The number of hydrogen-bond donors (Lipinski definition) is 3. The molecule has 0 aliphatic rings. The first kappa shape index (κ1) is 11.6. The van der Waals surface area contributed by atoms with Crippen LogP contribution < -0.4 is 5.32 Å². The van der Waals surface area contributed by atoms with Crippen molar-refractivity contribution in [2.24, 2.45) is 0 Å². The molecule has 1 rings (SSSR count). The van der Waals surface area contributed by atoms with Gasteiger partial charge in [0.15, 0.2) is 0 Å². The molecule has 0 fully saturated rings. The summed E-state index contributed by atoms with van der Waals surface area (Å²) in [6, 6.07) is 4.30. The summed E-state index contributed by atoms with van der Waals surface area (Å²) in [6.45, 7) is -0.688. The molecule has 82 valence electrons. The first-order valence-corrected chi connectivity index (χ1v) is 4.45. The van der Waals surface area contributed by atoms with Gasteiger partial charge in [-0.3, -0.25) is 4.79 Å². The third-order valence-corrected chi connectivity index (χ3v) is 1.88. The molecule has 0 aliphatic carbocycles. The van der Waals surface area contributed by atoms with Gasteiger partial charge in [0, 0.05) is 5.56 Å². The third kappa shape index (κ3) is 3.30. The largest absolute Gasteiger partial charge is 0.394 e. The summed E-state index contributed by atoms with van der Waals surface area (Å²) in [4.78, 5) is 11.4. The van der Waals surface area contributed by atoms with Crippen molar-refractivity contribution in [3.8, 4) is 0 Å². The van der Waals surface area contributed by atoms with E-state index < -0.39 is 17.8 Å². The number of rotatable bonds is 4. The zero-order chi connectivity index (χ0) is 11.3. The first-order valence-electron chi connectivity index (χ1n) is 4.45. The molecule has 3 N–H and O–H groups in total. The molecule has 0 aliphatic heterocycles. The number of halogens is 1. The van der Waals surface area contributed by atoms with Crippen molar-refractivity contribution in [2.75, 3.05) is 13.2 Å².